The number of aromatic nitrogens is 2. The lowest BCUT2D eigenvalue weighted by molar-refractivity contribution is 1.17. The van der Waals surface area contributed by atoms with Crippen molar-refractivity contribution in [3.05, 3.63) is 168 Å². The molecule has 9 rings (SSSR count). The van der Waals surface area contributed by atoms with Crippen LogP contribution in [0.25, 0.3) is 77.2 Å². The summed E-state index contributed by atoms with van der Waals surface area (Å²) in [4.78, 5) is 0. The summed E-state index contributed by atoms with van der Waals surface area (Å²) in [5.41, 5.74) is 11.2. The summed E-state index contributed by atoms with van der Waals surface area (Å²) < 4.78 is 4.38. The molecule has 0 atom stereocenters. The predicted octanol–water partition coefficient (Wildman–Crippen LogP) is 10.8. The van der Waals surface area contributed by atoms with Gasteiger partial charge >= 0.3 is 0 Å². The van der Waals surface area contributed by atoms with Crippen LogP contribution in [0.1, 0.15) is 16.7 Å². The summed E-state index contributed by atoms with van der Waals surface area (Å²) in [7, 11) is 0. The van der Waals surface area contributed by atoms with Crippen LogP contribution in [-0.4, -0.2) is 9.13 Å². The summed E-state index contributed by atoms with van der Waals surface area (Å²) >= 11 is 0. The molecule has 9 aromatic rings. The lowest BCUT2D eigenvalue weighted by Gasteiger charge is -2.18. The lowest BCUT2D eigenvalue weighted by atomic mass is 9.92. The first-order chi connectivity index (χ1) is 24.7. The standard InChI is InChI=1S/C45H25N5/c46-26-29-20-21-44-40(24-29)39-16-9-10-31(28-48)45(39)49(44)33-23-30(27-47)22-32(25-33)34-11-1-2-12-35(34)36-13-3-6-17-41(36)50-42-18-7-4-14-37(42)38-15-5-8-19-43(38)50/h1-25H. The zero-order valence-electron chi connectivity index (χ0n) is 26.7. The van der Waals surface area contributed by atoms with E-state index in [9.17, 15) is 15.8 Å². The second kappa shape index (κ2) is 11.4. The van der Waals surface area contributed by atoms with Gasteiger partial charge in [-0.05, 0) is 77.4 Å². The van der Waals surface area contributed by atoms with Crippen LogP contribution in [0.2, 0.25) is 0 Å². The predicted molar refractivity (Wildman–Crippen MR) is 200 cm³/mol. The Labute approximate surface area is 287 Å². The molecule has 0 N–H and O–H groups in total. The molecule has 0 saturated heterocycles. The van der Waals surface area contributed by atoms with E-state index in [0.29, 0.717) is 16.7 Å². The van der Waals surface area contributed by atoms with Crippen molar-refractivity contribution in [3.8, 4) is 51.8 Å². The quantitative estimate of drug-likeness (QED) is 0.193. The van der Waals surface area contributed by atoms with Crippen molar-refractivity contribution >= 4 is 43.6 Å². The number of hydrogen-bond donors (Lipinski definition) is 0. The maximum Gasteiger partial charge on any atom is 0.101 e. The van der Waals surface area contributed by atoms with Crippen LogP contribution in [0.4, 0.5) is 0 Å². The van der Waals surface area contributed by atoms with Gasteiger partial charge in [0.15, 0.2) is 0 Å². The van der Waals surface area contributed by atoms with Crippen molar-refractivity contribution in [1.29, 1.82) is 15.8 Å². The molecule has 230 valence electrons. The van der Waals surface area contributed by atoms with Crippen LogP contribution < -0.4 is 0 Å². The van der Waals surface area contributed by atoms with E-state index in [-0.39, 0.29) is 0 Å². The summed E-state index contributed by atoms with van der Waals surface area (Å²) in [5.74, 6) is 0. The highest BCUT2D eigenvalue weighted by molar-refractivity contribution is 6.12. The van der Waals surface area contributed by atoms with Crippen LogP contribution in [0.3, 0.4) is 0 Å². The largest absolute Gasteiger partial charge is 0.309 e. The number of benzene rings is 7. The molecule has 50 heavy (non-hydrogen) atoms. The van der Waals surface area contributed by atoms with Crippen molar-refractivity contribution < 1.29 is 0 Å². The summed E-state index contributed by atoms with van der Waals surface area (Å²) in [5, 5.41) is 34.4. The van der Waals surface area contributed by atoms with Crippen molar-refractivity contribution in [3.63, 3.8) is 0 Å². The maximum absolute atomic E-state index is 10.3. The van der Waals surface area contributed by atoms with E-state index in [0.717, 1.165) is 66.5 Å². The molecule has 2 aromatic heterocycles. The van der Waals surface area contributed by atoms with Crippen molar-refractivity contribution in [1.82, 2.24) is 9.13 Å². The molecular formula is C45H25N5. The molecule has 0 unspecified atom stereocenters. The van der Waals surface area contributed by atoms with Crippen LogP contribution in [0, 0.1) is 34.0 Å². The van der Waals surface area contributed by atoms with Crippen LogP contribution in [0.5, 0.6) is 0 Å². The average molecular weight is 636 g/mol. The zero-order valence-corrected chi connectivity index (χ0v) is 26.7. The molecular weight excluding hydrogens is 611 g/mol. The molecule has 0 bridgehead atoms. The maximum atomic E-state index is 10.3. The number of fused-ring (bicyclic) bond motifs is 6. The Kier molecular flexibility index (Phi) is 6.56. The highest BCUT2D eigenvalue weighted by Crippen LogP contribution is 2.41. The topological polar surface area (TPSA) is 81.2 Å². The SMILES string of the molecule is N#Cc1cc(-c2ccccc2-c2ccccc2-n2c3ccccc3c3ccccc32)cc(-n2c3ccc(C#N)cc3c3cccc(C#N)c32)c1. The molecule has 2 heterocycles. The van der Waals surface area contributed by atoms with Crippen molar-refractivity contribution in [2.75, 3.05) is 0 Å². The average Bonchev–Trinajstić information content (AvgIpc) is 3.70. The fourth-order valence-corrected chi connectivity index (χ4v) is 7.51. The van der Waals surface area contributed by atoms with Gasteiger partial charge in [-0.3, -0.25) is 0 Å². The number of para-hydroxylation sites is 4. The highest BCUT2D eigenvalue weighted by atomic mass is 15.0. The van der Waals surface area contributed by atoms with Gasteiger partial charge in [-0.25, -0.2) is 0 Å². The van der Waals surface area contributed by atoms with E-state index in [1.165, 1.54) is 10.8 Å². The normalized spacial score (nSPS) is 11.1. The van der Waals surface area contributed by atoms with Gasteiger partial charge in [-0.2, -0.15) is 15.8 Å². The number of hydrogen-bond acceptors (Lipinski definition) is 3. The fourth-order valence-electron chi connectivity index (χ4n) is 7.51. The van der Waals surface area contributed by atoms with Crippen molar-refractivity contribution in [2.24, 2.45) is 0 Å². The second-order valence-corrected chi connectivity index (χ2v) is 12.3. The molecule has 0 radical (unpaired) electrons. The Balaban J connectivity index is 1.31. The number of nitrogens with zero attached hydrogens (tertiary/aromatic N) is 5. The van der Waals surface area contributed by atoms with E-state index in [4.69, 9.17) is 0 Å². The Bertz CT molecular complexity index is 2920. The van der Waals surface area contributed by atoms with Gasteiger partial charge in [-0.15, -0.1) is 0 Å². The van der Waals surface area contributed by atoms with E-state index in [1.54, 1.807) is 12.1 Å². The van der Waals surface area contributed by atoms with E-state index < -0.39 is 0 Å². The minimum Gasteiger partial charge on any atom is -0.309 e. The smallest absolute Gasteiger partial charge is 0.101 e. The summed E-state index contributed by atoms with van der Waals surface area (Å²) in [6.07, 6.45) is 0. The number of rotatable bonds is 4. The molecule has 0 aliphatic heterocycles. The minimum atomic E-state index is 0.501. The highest BCUT2D eigenvalue weighted by Gasteiger charge is 2.20. The molecule has 0 fully saturated rings. The van der Waals surface area contributed by atoms with Gasteiger partial charge in [0.1, 0.15) is 6.07 Å². The lowest BCUT2D eigenvalue weighted by Crippen LogP contribution is -1.99. The van der Waals surface area contributed by atoms with E-state index >= 15 is 0 Å². The Hall–Kier alpha value is -7.39. The number of nitriles is 3. The molecule has 0 spiro atoms. The van der Waals surface area contributed by atoms with Crippen LogP contribution >= 0.6 is 0 Å². The van der Waals surface area contributed by atoms with Gasteiger partial charge in [0.05, 0.1) is 56.6 Å². The molecule has 7 aromatic carbocycles. The van der Waals surface area contributed by atoms with Gasteiger partial charge in [0.2, 0.25) is 0 Å². The van der Waals surface area contributed by atoms with Gasteiger partial charge < -0.3 is 9.13 Å². The second-order valence-electron chi connectivity index (χ2n) is 12.3. The van der Waals surface area contributed by atoms with E-state index in [2.05, 4.69) is 120 Å². The summed E-state index contributed by atoms with van der Waals surface area (Å²) in [6, 6.07) is 57.9. The zero-order chi connectivity index (χ0) is 33.8. The first-order valence-corrected chi connectivity index (χ1v) is 16.3. The van der Waals surface area contributed by atoms with E-state index in [1.807, 2.05) is 47.0 Å². The van der Waals surface area contributed by atoms with Crippen LogP contribution in [-0.2, 0) is 0 Å². The Morgan fingerprint density at radius 1 is 0.400 bits per heavy atom. The van der Waals surface area contributed by atoms with Gasteiger partial charge in [-0.1, -0.05) is 91.0 Å². The minimum absolute atomic E-state index is 0.501. The fraction of sp³-hybridized carbons (Fsp3) is 0. The summed E-state index contributed by atoms with van der Waals surface area (Å²) in [6.45, 7) is 0. The Morgan fingerprint density at radius 2 is 1.02 bits per heavy atom. The third kappa shape index (κ3) is 4.31. The molecule has 0 aliphatic carbocycles. The molecule has 5 nitrogen and oxygen atoms in total. The first-order valence-electron chi connectivity index (χ1n) is 16.3. The monoisotopic (exact) mass is 635 g/mol. The third-order valence-electron chi connectivity index (χ3n) is 9.60. The molecule has 0 amide bonds. The van der Waals surface area contributed by atoms with Gasteiger partial charge in [0.25, 0.3) is 0 Å². The molecule has 5 heteroatoms. The van der Waals surface area contributed by atoms with Crippen LogP contribution in [0.15, 0.2) is 152 Å². The third-order valence-corrected chi connectivity index (χ3v) is 9.60. The van der Waals surface area contributed by atoms with Gasteiger partial charge in [0, 0.05) is 32.8 Å². The van der Waals surface area contributed by atoms with Crippen molar-refractivity contribution in [2.45, 2.75) is 0 Å². The molecule has 0 saturated carbocycles. The molecule has 0 aliphatic rings. The first kappa shape index (κ1) is 28.8. The Morgan fingerprint density at radius 3 is 1.74 bits per heavy atom.